The molecule has 1 aromatic heterocycles. The van der Waals surface area contributed by atoms with E-state index < -0.39 is 0 Å². The Labute approximate surface area is 110 Å². The highest BCUT2D eigenvalue weighted by Crippen LogP contribution is 2.27. The van der Waals surface area contributed by atoms with Gasteiger partial charge in [0.2, 0.25) is 5.78 Å². The monoisotopic (exact) mass is 264 g/mol. The molecule has 0 spiro atoms. The molecule has 0 N–H and O–H groups in total. The third-order valence-electron chi connectivity index (χ3n) is 2.76. The maximum atomic E-state index is 12.4. The first-order valence-electron chi connectivity index (χ1n) is 5.37. The average molecular weight is 265 g/mol. The Hall–Kier alpha value is -1.12. The summed E-state index contributed by atoms with van der Waals surface area (Å²) in [7, 11) is 0. The fourth-order valence-corrected chi connectivity index (χ4v) is 3.00. The van der Waals surface area contributed by atoms with Gasteiger partial charge in [0.05, 0.1) is 4.88 Å². The SMILES string of the molecule is Cc1cc(C)c(C(=O)c2cccc(Cl)c2C)s1. The van der Waals surface area contributed by atoms with Crippen molar-refractivity contribution in [2.24, 2.45) is 0 Å². The van der Waals surface area contributed by atoms with E-state index in [4.69, 9.17) is 11.6 Å². The van der Waals surface area contributed by atoms with E-state index in [2.05, 4.69) is 0 Å². The highest BCUT2D eigenvalue weighted by atomic mass is 35.5. The van der Waals surface area contributed by atoms with Crippen LogP contribution in [0.25, 0.3) is 0 Å². The molecule has 3 heteroatoms. The summed E-state index contributed by atoms with van der Waals surface area (Å²) in [5, 5.41) is 0.641. The maximum Gasteiger partial charge on any atom is 0.203 e. The summed E-state index contributed by atoms with van der Waals surface area (Å²) in [6, 6.07) is 7.49. The van der Waals surface area contributed by atoms with Gasteiger partial charge in [-0.2, -0.15) is 0 Å². The van der Waals surface area contributed by atoms with Crippen LogP contribution in [0, 0.1) is 20.8 Å². The number of benzene rings is 1. The Morgan fingerprint density at radius 1 is 1.24 bits per heavy atom. The zero-order chi connectivity index (χ0) is 12.6. The Kier molecular flexibility index (Phi) is 3.36. The topological polar surface area (TPSA) is 17.1 Å². The number of carbonyl (C=O) groups is 1. The van der Waals surface area contributed by atoms with E-state index in [0.717, 1.165) is 20.9 Å². The second-order valence-corrected chi connectivity index (χ2v) is 5.77. The first-order valence-corrected chi connectivity index (χ1v) is 6.57. The number of hydrogen-bond acceptors (Lipinski definition) is 2. The molecule has 1 aromatic carbocycles. The lowest BCUT2D eigenvalue weighted by Crippen LogP contribution is -2.03. The van der Waals surface area contributed by atoms with Crippen LogP contribution in [0.5, 0.6) is 0 Å². The molecule has 1 nitrogen and oxygen atoms in total. The molecule has 2 rings (SSSR count). The van der Waals surface area contributed by atoms with Gasteiger partial charge in [-0.25, -0.2) is 0 Å². The molecule has 0 radical (unpaired) electrons. The highest BCUT2D eigenvalue weighted by molar-refractivity contribution is 7.14. The molecule has 0 unspecified atom stereocenters. The van der Waals surface area contributed by atoms with Crippen LogP contribution in [0.1, 0.15) is 31.2 Å². The van der Waals surface area contributed by atoms with Crippen LogP contribution in [0.4, 0.5) is 0 Å². The lowest BCUT2D eigenvalue weighted by atomic mass is 10.0. The smallest absolute Gasteiger partial charge is 0.203 e. The second kappa shape index (κ2) is 4.63. The summed E-state index contributed by atoms with van der Waals surface area (Å²) in [6.45, 7) is 5.86. The minimum atomic E-state index is 0.0700. The number of ketones is 1. The van der Waals surface area contributed by atoms with Gasteiger partial charge in [0, 0.05) is 15.5 Å². The molecule has 17 heavy (non-hydrogen) atoms. The molecule has 0 aliphatic heterocycles. The van der Waals surface area contributed by atoms with Crippen molar-refractivity contribution in [2.45, 2.75) is 20.8 Å². The van der Waals surface area contributed by atoms with Crippen LogP contribution in [-0.2, 0) is 0 Å². The van der Waals surface area contributed by atoms with Gasteiger partial charge in [-0.05, 0) is 44.0 Å². The molecule has 1 heterocycles. The third kappa shape index (κ3) is 2.28. The molecule has 0 saturated carbocycles. The van der Waals surface area contributed by atoms with Crippen molar-refractivity contribution >= 4 is 28.7 Å². The predicted molar refractivity (Wildman–Crippen MR) is 73.4 cm³/mol. The number of halogens is 1. The van der Waals surface area contributed by atoms with E-state index in [1.807, 2.05) is 39.0 Å². The van der Waals surface area contributed by atoms with Crippen LogP contribution in [0.2, 0.25) is 5.02 Å². The van der Waals surface area contributed by atoms with Gasteiger partial charge >= 0.3 is 0 Å². The quantitative estimate of drug-likeness (QED) is 0.727. The Balaban J connectivity index is 2.51. The van der Waals surface area contributed by atoms with Gasteiger partial charge in [0.1, 0.15) is 0 Å². The summed E-state index contributed by atoms with van der Waals surface area (Å²) in [5.41, 5.74) is 2.59. The van der Waals surface area contributed by atoms with Crippen molar-refractivity contribution < 1.29 is 4.79 Å². The molecular weight excluding hydrogens is 252 g/mol. The van der Waals surface area contributed by atoms with Gasteiger partial charge in [-0.3, -0.25) is 4.79 Å². The molecule has 88 valence electrons. The minimum Gasteiger partial charge on any atom is -0.288 e. The van der Waals surface area contributed by atoms with Gasteiger partial charge in [-0.15, -0.1) is 11.3 Å². The van der Waals surface area contributed by atoms with Gasteiger partial charge < -0.3 is 0 Å². The third-order valence-corrected chi connectivity index (χ3v) is 4.32. The van der Waals surface area contributed by atoms with Crippen LogP contribution in [0.15, 0.2) is 24.3 Å². The van der Waals surface area contributed by atoms with Crippen LogP contribution >= 0.6 is 22.9 Å². The van der Waals surface area contributed by atoms with Crippen molar-refractivity contribution in [1.82, 2.24) is 0 Å². The number of aryl methyl sites for hydroxylation is 2. The first-order chi connectivity index (χ1) is 8.00. The zero-order valence-electron chi connectivity index (χ0n) is 10.0. The maximum absolute atomic E-state index is 12.4. The predicted octanol–water partition coefficient (Wildman–Crippen LogP) is 4.56. The standard InChI is InChI=1S/C14H13ClOS/c1-8-7-9(2)17-14(8)13(16)11-5-4-6-12(15)10(11)3/h4-7H,1-3H3. The van der Waals surface area contributed by atoms with E-state index in [-0.39, 0.29) is 5.78 Å². The summed E-state index contributed by atoms with van der Waals surface area (Å²) in [5.74, 6) is 0.0700. The summed E-state index contributed by atoms with van der Waals surface area (Å²) < 4.78 is 0. The van der Waals surface area contributed by atoms with Gasteiger partial charge in [0.25, 0.3) is 0 Å². The van der Waals surface area contributed by atoms with Crippen LogP contribution in [-0.4, -0.2) is 5.78 Å². The van der Waals surface area contributed by atoms with Gasteiger partial charge in [-0.1, -0.05) is 23.7 Å². The molecular formula is C14H13ClOS. The van der Waals surface area contributed by atoms with Crippen molar-refractivity contribution in [1.29, 1.82) is 0 Å². The van der Waals surface area contributed by atoms with Crippen LogP contribution in [0.3, 0.4) is 0 Å². The minimum absolute atomic E-state index is 0.0700. The fourth-order valence-electron chi connectivity index (χ4n) is 1.84. The lowest BCUT2D eigenvalue weighted by molar-refractivity contribution is 0.104. The van der Waals surface area contributed by atoms with Crippen molar-refractivity contribution in [3.8, 4) is 0 Å². The number of rotatable bonds is 2. The Morgan fingerprint density at radius 2 is 1.94 bits per heavy atom. The molecule has 2 aromatic rings. The fraction of sp³-hybridized carbons (Fsp3) is 0.214. The lowest BCUT2D eigenvalue weighted by Gasteiger charge is -2.05. The molecule has 0 atom stereocenters. The van der Waals surface area contributed by atoms with Crippen molar-refractivity contribution in [3.63, 3.8) is 0 Å². The van der Waals surface area contributed by atoms with Crippen molar-refractivity contribution in [3.05, 3.63) is 55.7 Å². The molecule has 0 bridgehead atoms. The molecule has 0 saturated heterocycles. The largest absolute Gasteiger partial charge is 0.288 e. The normalized spacial score (nSPS) is 10.6. The molecule has 0 aliphatic rings. The zero-order valence-corrected chi connectivity index (χ0v) is 11.6. The number of thiophene rings is 1. The van der Waals surface area contributed by atoms with E-state index in [1.54, 1.807) is 6.07 Å². The molecule has 0 fully saturated rings. The second-order valence-electron chi connectivity index (χ2n) is 4.11. The van der Waals surface area contributed by atoms with E-state index in [0.29, 0.717) is 10.6 Å². The van der Waals surface area contributed by atoms with E-state index in [1.165, 1.54) is 11.3 Å². The van der Waals surface area contributed by atoms with Gasteiger partial charge in [0.15, 0.2) is 0 Å². The number of hydrogen-bond donors (Lipinski definition) is 0. The average Bonchev–Trinajstić information content (AvgIpc) is 2.61. The Bertz CT molecular complexity index is 584. The number of carbonyl (C=O) groups excluding carboxylic acids is 1. The Morgan fingerprint density at radius 3 is 2.53 bits per heavy atom. The summed E-state index contributed by atoms with van der Waals surface area (Å²) in [6.07, 6.45) is 0. The summed E-state index contributed by atoms with van der Waals surface area (Å²) in [4.78, 5) is 14.4. The van der Waals surface area contributed by atoms with E-state index >= 15 is 0 Å². The molecule has 0 amide bonds. The first kappa shape index (κ1) is 12.3. The summed E-state index contributed by atoms with van der Waals surface area (Å²) >= 11 is 7.58. The van der Waals surface area contributed by atoms with Crippen molar-refractivity contribution in [2.75, 3.05) is 0 Å². The molecule has 0 aliphatic carbocycles. The van der Waals surface area contributed by atoms with E-state index in [9.17, 15) is 4.79 Å². The van der Waals surface area contributed by atoms with Crippen LogP contribution < -0.4 is 0 Å². The highest BCUT2D eigenvalue weighted by Gasteiger charge is 2.17.